The van der Waals surface area contributed by atoms with Crippen molar-refractivity contribution in [2.45, 2.75) is 46.1 Å². The molecule has 1 aromatic rings. The Morgan fingerprint density at radius 3 is 2.72 bits per heavy atom. The minimum atomic E-state index is 0.0986. The van der Waals surface area contributed by atoms with Crippen LogP contribution in [0.1, 0.15) is 50.5 Å². The molecule has 1 saturated carbocycles. The number of hydrogen-bond donors (Lipinski definition) is 0. The first-order valence-electron chi connectivity index (χ1n) is 9.46. The first-order chi connectivity index (χ1) is 11.9. The van der Waals surface area contributed by atoms with Crippen LogP contribution >= 0.6 is 0 Å². The van der Waals surface area contributed by atoms with E-state index in [1.807, 2.05) is 18.2 Å². The van der Waals surface area contributed by atoms with Gasteiger partial charge < -0.3 is 14.5 Å². The third-order valence-electron chi connectivity index (χ3n) is 5.96. The van der Waals surface area contributed by atoms with Crippen LogP contribution < -0.4 is 4.90 Å². The number of carbonyl (C=O) groups excluding carboxylic acids is 1. The molecule has 0 spiro atoms. The summed E-state index contributed by atoms with van der Waals surface area (Å²) < 4.78 is 5.41. The number of carbonyl (C=O) groups is 1. The van der Waals surface area contributed by atoms with Crippen molar-refractivity contribution >= 4 is 11.7 Å². The van der Waals surface area contributed by atoms with Crippen molar-refractivity contribution in [3.8, 4) is 0 Å². The Morgan fingerprint density at radius 1 is 1.20 bits per heavy atom. The molecule has 2 atom stereocenters. The van der Waals surface area contributed by atoms with Crippen LogP contribution in [0.3, 0.4) is 0 Å². The standard InChI is InChI=1S/C20H29N3O2/c1-19(2)11-15-12-20(3,13-19)14-23(15)18(24)16-5-4-6-17(21-16)22-7-9-25-10-8-22/h4-6,15H,7-14H2,1-3H3. The van der Waals surface area contributed by atoms with Gasteiger partial charge in [-0.3, -0.25) is 4.79 Å². The van der Waals surface area contributed by atoms with Crippen LogP contribution in [0.4, 0.5) is 5.82 Å². The smallest absolute Gasteiger partial charge is 0.272 e. The molecule has 2 bridgehead atoms. The Labute approximate surface area is 150 Å². The third-order valence-corrected chi connectivity index (χ3v) is 5.96. The highest BCUT2D eigenvalue weighted by atomic mass is 16.5. The summed E-state index contributed by atoms with van der Waals surface area (Å²) in [5, 5.41) is 0. The predicted molar refractivity (Wildman–Crippen MR) is 97.8 cm³/mol. The highest BCUT2D eigenvalue weighted by molar-refractivity contribution is 5.93. The molecule has 5 nitrogen and oxygen atoms in total. The normalized spacial score (nSPS) is 31.2. The Bertz CT molecular complexity index is 669. The molecule has 25 heavy (non-hydrogen) atoms. The van der Waals surface area contributed by atoms with Crippen molar-refractivity contribution in [3.05, 3.63) is 23.9 Å². The Kier molecular flexibility index (Phi) is 4.02. The number of fused-ring (bicyclic) bond motifs is 2. The number of anilines is 1. The molecule has 2 saturated heterocycles. The van der Waals surface area contributed by atoms with Crippen molar-refractivity contribution in [1.82, 2.24) is 9.88 Å². The van der Waals surface area contributed by atoms with Crippen LogP contribution in [0.2, 0.25) is 0 Å². The molecule has 0 radical (unpaired) electrons. The zero-order valence-corrected chi connectivity index (χ0v) is 15.6. The Balaban J connectivity index is 1.55. The van der Waals surface area contributed by atoms with Crippen LogP contribution in [0, 0.1) is 10.8 Å². The molecule has 3 heterocycles. The van der Waals surface area contributed by atoms with E-state index < -0.39 is 0 Å². The number of nitrogens with zero attached hydrogens (tertiary/aromatic N) is 3. The molecule has 1 amide bonds. The van der Waals surface area contributed by atoms with Gasteiger partial charge in [-0.25, -0.2) is 4.98 Å². The van der Waals surface area contributed by atoms with E-state index in [2.05, 4.69) is 30.6 Å². The summed E-state index contributed by atoms with van der Waals surface area (Å²) in [5.74, 6) is 0.990. The van der Waals surface area contributed by atoms with Gasteiger partial charge in [0.2, 0.25) is 0 Å². The topological polar surface area (TPSA) is 45.7 Å². The summed E-state index contributed by atoms with van der Waals surface area (Å²) in [6.45, 7) is 11.0. The molecule has 2 aliphatic heterocycles. The lowest BCUT2D eigenvalue weighted by Gasteiger charge is -2.39. The van der Waals surface area contributed by atoms with Crippen LogP contribution in [-0.2, 0) is 4.74 Å². The number of hydrogen-bond acceptors (Lipinski definition) is 4. The second-order valence-electron chi connectivity index (χ2n) is 9.13. The first kappa shape index (κ1) is 16.8. The van der Waals surface area contributed by atoms with Crippen molar-refractivity contribution in [2.24, 2.45) is 10.8 Å². The minimum Gasteiger partial charge on any atom is -0.378 e. The summed E-state index contributed by atoms with van der Waals surface area (Å²) in [6, 6.07) is 6.17. The zero-order valence-electron chi connectivity index (χ0n) is 15.6. The summed E-state index contributed by atoms with van der Waals surface area (Å²) in [6.07, 6.45) is 3.42. The molecule has 1 aromatic heterocycles. The number of aromatic nitrogens is 1. The lowest BCUT2D eigenvalue weighted by molar-refractivity contribution is 0.0702. The van der Waals surface area contributed by atoms with E-state index in [1.54, 1.807) is 0 Å². The summed E-state index contributed by atoms with van der Waals surface area (Å²) in [7, 11) is 0. The van der Waals surface area contributed by atoms with E-state index in [9.17, 15) is 4.79 Å². The number of rotatable bonds is 2. The van der Waals surface area contributed by atoms with E-state index in [-0.39, 0.29) is 11.3 Å². The zero-order chi connectivity index (χ0) is 17.7. The molecule has 0 aromatic carbocycles. The lowest BCUT2D eigenvalue weighted by atomic mass is 9.65. The van der Waals surface area contributed by atoms with Gasteiger partial charge in [-0.05, 0) is 42.2 Å². The molecule has 3 aliphatic rings. The lowest BCUT2D eigenvalue weighted by Crippen LogP contribution is -2.39. The van der Waals surface area contributed by atoms with Crippen molar-refractivity contribution in [2.75, 3.05) is 37.7 Å². The van der Waals surface area contributed by atoms with E-state index in [0.717, 1.165) is 51.5 Å². The monoisotopic (exact) mass is 343 g/mol. The fraction of sp³-hybridized carbons (Fsp3) is 0.700. The molecule has 2 unspecified atom stereocenters. The summed E-state index contributed by atoms with van der Waals surface area (Å²) >= 11 is 0. The molecule has 5 heteroatoms. The fourth-order valence-corrected chi connectivity index (χ4v) is 5.36. The first-order valence-corrected chi connectivity index (χ1v) is 9.46. The number of ether oxygens (including phenoxy) is 1. The van der Waals surface area contributed by atoms with Gasteiger partial charge in [0.25, 0.3) is 5.91 Å². The SMILES string of the molecule is CC1(C)CC2CC(C)(CN2C(=O)c2cccc(N3CCOCC3)n2)C1. The van der Waals surface area contributed by atoms with Gasteiger partial charge in [-0.15, -0.1) is 0 Å². The average Bonchev–Trinajstić information content (AvgIpc) is 2.84. The molecule has 1 aliphatic carbocycles. The predicted octanol–water partition coefficient (Wildman–Crippen LogP) is 2.96. The van der Waals surface area contributed by atoms with E-state index >= 15 is 0 Å². The van der Waals surface area contributed by atoms with Gasteiger partial charge in [0.15, 0.2) is 0 Å². The van der Waals surface area contributed by atoms with Crippen molar-refractivity contribution in [1.29, 1.82) is 0 Å². The molecule has 4 rings (SSSR count). The molecular weight excluding hydrogens is 314 g/mol. The Morgan fingerprint density at radius 2 is 1.96 bits per heavy atom. The second-order valence-corrected chi connectivity index (χ2v) is 9.13. The number of likely N-dealkylation sites (tertiary alicyclic amines) is 1. The second kappa shape index (κ2) is 5.97. The van der Waals surface area contributed by atoms with Gasteiger partial charge in [-0.2, -0.15) is 0 Å². The van der Waals surface area contributed by atoms with Crippen LogP contribution in [-0.4, -0.2) is 54.7 Å². The van der Waals surface area contributed by atoms with Gasteiger partial charge in [0.1, 0.15) is 11.5 Å². The largest absolute Gasteiger partial charge is 0.378 e. The average molecular weight is 343 g/mol. The maximum Gasteiger partial charge on any atom is 0.272 e. The van der Waals surface area contributed by atoms with Gasteiger partial charge in [0.05, 0.1) is 13.2 Å². The highest BCUT2D eigenvalue weighted by Gasteiger charge is 2.51. The van der Waals surface area contributed by atoms with Crippen molar-refractivity contribution < 1.29 is 9.53 Å². The fourth-order valence-electron chi connectivity index (χ4n) is 5.36. The molecule has 3 fully saturated rings. The molecule has 0 N–H and O–H groups in total. The van der Waals surface area contributed by atoms with Crippen molar-refractivity contribution in [3.63, 3.8) is 0 Å². The van der Waals surface area contributed by atoms with Gasteiger partial charge >= 0.3 is 0 Å². The van der Waals surface area contributed by atoms with Gasteiger partial charge in [0, 0.05) is 25.7 Å². The highest BCUT2D eigenvalue weighted by Crippen LogP contribution is 2.52. The van der Waals surface area contributed by atoms with Crippen LogP contribution in [0.15, 0.2) is 18.2 Å². The van der Waals surface area contributed by atoms with E-state index in [0.29, 0.717) is 17.2 Å². The number of pyridine rings is 1. The number of amides is 1. The maximum absolute atomic E-state index is 13.2. The quantitative estimate of drug-likeness (QED) is 0.828. The Hall–Kier alpha value is -1.62. The van der Waals surface area contributed by atoms with E-state index in [1.165, 1.54) is 6.42 Å². The van der Waals surface area contributed by atoms with Crippen LogP contribution in [0.25, 0.3) is 0 Å². The van der Waals surface area contributed by atoms with E-state index in [4.69, 9.17) is 9.72 Å². The minimum absolute atomic E-state index is 0.0986. The third kappa shape index (κ3) is 3.26. The summed E-state index contributed by atoms with van der Waals surface area (Å²) in [5.41, 5.74) is 1.15. The van der Waals surface area contributed by atoms with Gasteiger partial charge in [-0.1, -0.05) is 26.8 Å². The molecule has 136 valence electrons. The summed E-state index contributed by atoms with van der Waals surface area (Å²) in [4.78, 5) is 22.2. The maximum atomic E-state index is 13.2. The van der Waals surface area contributed by atoms with Crippen LogP contribution in [0.5, 0.6) is 0 Å². The number of morpholine rings is 1. The molecular formula is C20H29N3O2.